The van der Waals surface area contributed by atoms with Gasteiger partial charge in [0, 0.05) is 5.70 Å². The van der Waals surface area contributed by atoms with E-state index >= 15 is 0 Å². The van der Waals surface area contributed by atoms with Crippen molar-refractivity contribution in [2.45, 2.75) is 25.9 Å². The topological polar surface area (TPSA) is 62.4 Å². The number of benzene rings is 2. The molecular weight excluding hydrogens is 358 g/mol. The molecule has 2 aromatic carbocycles. The summed E-state index contributed by atoms with van der Waals surface area (Å²) in [5.74, 6) is 0.631. The Morgan fingerprint density at radius 3 is 2.44 bits per heavy atom. The number of hydrogen-bond donors (Lipinski definition) is 3. The Morgan fingerprint density at radius 2 is 1.81 bits per heavy atom. The maximum absolute atomic E-state index is 13.1. The highest BCUT2D eigenvalue weighted by atomic mass is 32.1. The molecule has 1 heterocycles. The molecule has 0 saturated carbocycles. The van der Waals surface area contributed by atoms with Gasteiger partial charge in [0.25, 0.3) is 5.91 Å². The van der Waals surface area contributed by atoms with E-state index in [1.54, 1.807) is 7.11 Å². The van der Waals surface area contributed by atoms with Crippen molar-refractivity contribution in [1.82, 2.24) is 16.0 Å². The summed E-state index contributed by atoms with van der Waals surface area (Å²) in [4.78, 5) is 13.1. The lowest BCUT2D eigenvalue weighted by Crippen LogP contribution is -2.47. The minimum atomic E-state index is -0.326. The minimum absolute atomic E-state index is 0.107. The van der Waals surface area contributed by atoms with E-state index < -0.39 is 0 Å². The standard InChI is InChI=1S/C21H23N3O2S/c1-13(15-7-5-4-6-8-15)22-20(25)18-14(2)23-21(27)24-19(18)16-9-11-17(26-3)12-10-16/h4-13,19H,1-3H3,(H,22,25)(H2,23,24,27). The fourth-order valence-corrected chi connectivity index (χ4v) is 3.41. The maximum atomic E-state index is 13.1. The molecule has 0 radical (unpaired) electrons. The van der Waals surface area contributed by atoms with E-state index in [0.717, 1.165) is 22.6 Å². The molecule has 1 amide bonds. The van der Waals surface area contributed by atoms with Crippen molar-refractivity contribution >= 4 is 23.2 Å². The van der Waals surface area contributed by atoms with Gasteiger partial charge in [0.2, 0.25) is 0 Å². The monoisotopic (exact) mass is 381 g/mol. The van der Waals surface area contributed by atoms with Gasteiger partial charge in [-0.25, -0.2) is 0 Å². The Balaban J connectivity index is 1.87. The molecular formula is C21H23N3O2S. The molecule has 6 heteroatoms. The van der Waals surface area contributed by atoms with Gasteiger partial charge >= 0.3 is 0 Å². The average molecular weight is 382 g/mol. The van der Waals surface area contributed by atoms with Crippen molar-refractivity contribution in [3.63, 3.8) is 0 Å². The van der Waals surface area contributed by atoms with Gasteiger partial charge in [0.1, 0.15) is 5.75 Å². The van der Waals surface area contributed by atoms with E-state index in [2.05, 4.69) is 16.0 Å². The summed E-state index contributed by atoms with van der Waals surface area (Å²) in [6.07, 6.45) is 0. The Bertz CT molecular complexity index is 863. The molecule has 0 fully saturated rings. The predicted octanol–water partition coefficient (Wildman–Crippen LogP) is 3.37. The van der Waals surface area contributed by atoms with E-state index in [-0.39, 0.29) is 18.0 Å². The molecule has 0 saturated heterocycles. The lowest BCUT2D eigenvalue weighted by atomic mass is 9.94. The lowest BCUT2D eigenvalue weighted by molar-refractivity contribution is -0.118. The summed E-state index contributed by atoms with van der Waals surface area (Å²) in [5, 5.41) is 9.85. The van der Waals surface area contributed by atoms with Crippen molar-refractivity contribution in [2.24, 2.45) is 0 Å². The highest BCUT2D eigenvalue weighted by Gasteiger charge is 2.30. The van der Waals surface area contributed by atoms with Crippen LogP contribution >= 0.6 is 12.2 Å². The second-order valence-electron chi connectivity index (χ2n) is 6.45. The van der Waals surface area contributed by atoms with Crippen LogP contribution in [0.25, 0.3) is 0 Å². The van der Waals surface area contributed by atoms with E-state index in [1.165, 1.54) is 0 Å². The largest absolute Gasteiger partial charge is 0.497 e. The van der Waals surface area contributed by atoms with Crippen LogP contribution in [-0.2, 0) is 4.79 Å². The van der Waals surface area contributed by atoms with Crippen LogP contribution in [0.3, 0.4) is 0 Å². The summed E-state index contributed by atoms with van der Waals surface area (Å²) < 4.78 is 5.22. The lowest BCUT2D eigenvalue weighted by Gasteiger charge is -2.31. The zero-order chi connectivity index (χ0) is 19.4. The van der Waals surface area contributed by atoms with Crippen LogP contribution in [0.2, 0.25) is 0 Å². The zero-order valence-corrected chi connectivity index (χ0v) is 16.4. The van der Waals surface area contributed by atoms with E-state index in [9.17, 15) is 4.79 Å². The Hall–Kier alpha value is -2.86. The first-order chi connectivity index (χ1) is 13.0. The van der Waals surface area contributed by atoms with Gasteiger partial charge in [-0.15, -0.1) is 0 Å². The van der Waals surface area contributed by atoms with Crippen LogP contribution in [-0.4, -0.2) is 18.1 Å². The second-order valence-corrected chi connectivity index (χ2v) is 6.86. The van der Waals surface area contributed by atoms with E-state index in [0.29, 0.717) is 10.7 Å². The van der Waals surface area contributed by atoms with Gasteiger partial charge in [-0.3, -0.25) is 4.79 Å². The highest BCUT2D eigenvalue weighted by molar-refractivity contribution is 7.80. The third-order valence-electron chi connectivity index (χ3n) is 4.61. The predicted molar refractivity (Wildman–Crippen MR) is 110 cm³/mol. The van der Waals surface area contributed by atoms with Crippen molar-refractivity contribution in [1.29, 1.82) is 0 Å². The fraction of sp³-hybridized carbons (Fsp3) is 0.238. The number of methoxy groups -OCH3 is 1. The van der Waals surface area contributed by atoms with Crippen molar-refractivity contribution < 1.29 is 9.53 Å². The SMILES string of the molecule is COc1ccc(C2NC(=S)NC(C)=C2C(=O)NC(C)c2ccccc2)cc1. The quantitative estimate of drug-likeness (QED) is 0.693. The zero-order valence-electron chi connectivity index (χ0n) is 15.6. The molecule has 27 heavy (non-hydrogen) atoms. The molecule has 3 N–H and O–H groups in total. The van der Waals surface area contributed by atoms with Gasteiger partial charge in [-0.1, -0.05) is 42.5 Å². The van der Waals surface area contributed by atoms with Crippen LogP contribution in [0.4, 0.5) is 0 Å². The van der Waals surface area contributed by atoms with E-state index in [4.69, 9.17) is 17.0 Å². The third-order valence-corrected chi connectivity index (χ3v) is 4.83. The number of thiocarbonyl (C=S) groups is 1. The summed E-state index contributed by atoms with van der Waals surface area (Å²) in [6, 6.07) is 17.1. The van der Waals surface area contributed by atoms with Crippen LogP contribution in [0.1, 0.15) is 37.1 Å². The maximum Gasteiger partial charge on any atom is 0.251 e. The third kappa shape index (κ3) is 4.28. The minimum Gasteiger partial charge on any atom is -0.497 e. The number of carbonyl (C=O) groups excluding carboxylic acids is 1. The molecule has 3 rings (SSSR count). The Morgan fingerprint density at radius 1 is 1.15 bits per heavy atom. The number of amides is 1. The second kappa shape index (κ2) is 8.22. The van der Waals surface area contributed by atoms with Crippen LogP contribution in [0.5, 0.6) is 5.75 Å². The van der Waals surface area contributed by atoms with Crippen LogP contribution in [0, 0.1) is 0 Å². The molecule has 0 aliphatic carbocycles. The first-order valence-electron chi connectivity index (χ1n) is 8.77. The first-order valence-corrected chi connectivity index (χ1v) is 9.18. The van der Waals surface area contributed by atoms with Gasteiger partial charge in [-0.05, 0) is 49.3 Å². The fourth-order valence-electron chi connectivity index (χ4n) is 3.14. The number of nitrogens with one attached hydrogen (secondary N) is 3. The number of ether oxygens (including phenoxy) is 1. The molecule has 5 nitrogen and oxygen atoms in total. The Labute approximate surface area is 164 Å². The van der Waals surface area contributed by atoms with Gasteiger partial charge in [-0.2, -0.15) is 0 Å². The van der Waals surface area contributed by atoms with Crippen molar-refractivity contribution in [3.8, 4) is 5.75 Å². The van der Waals surface area contributed by atoms with Gasteiger partial charge < -0.3 is 20.7 Å². The molecule has 0 aromatic heterocycles. The van der Waals surface area contributed by atoms with Crippen LogP contribution in [0.15, 0.2) is 65.9 Å². The number of carbonyl (C=O) groups is 1. The Kier molecular flexibility index (Phi) is 5.76. The molecule has 1 aliphatic heterocycles. The number of rotatable bonds is 5. The number of allylic oxidation sites excluding steroid dienone is 1. The first kappa shape index (κ1) is 18.9. The van der Waals surface area contributed by atoms with Crippen molar-refractivity contribution in [3.05, 3.63) is 77.0 Å². The molecule has 2 aromatic rings. The number of hydrogen-bond acceptors (Lipinski definition) is 3. The van der Waals surface area contributed by atoms with Crippen LogP contribution < -0.4 is 20.7 Å². The summed E-state index contributed by atoms with van der Waals surface area (Å²) in [5.41, 5.74) is 3.36. The molecule has 140 valence electrons. The average Bonchev–Trinajstić information content (AvgIpc) is 2.68. The summed E-state index contributed by atoms with van der Waals surface area (Å²) in [7, 11) is 1.63. The normalized spacial score (nSPS) is 17.6. The smallest absolute Gasteiger partial charge is 0.251 e. The van der Waals surface area contributed by atoms with Gasteiger partial charge in [0.15, 0.2) is 5.11 Å². The van der Waals surface area contributed by atoms with Crippen molar-refractivity contribution in [2.75, 3.05) is 7.11 Å². The summed E-state index contributed by atoms with van der Waals surface area (Å²) in [6.45, 7) is 3.84. The molecule has 0 bridgehead atoms. The molecule has 1 aliphatic rings. The van der Waals surface area contributed by atoms with E-state index in [1.807, 2.05) is 68.4 Å². The summed E-state index contributed by atoms with van der Waals surface area (Å²) >= 11 is 5.30. The van der Waals surface area contributed by atoms with Gasteiger partial charge in [0.05, 0.1) is 24.8 Å². The molecule has 2 unspecified atom stereocenters. The molecule has 2 atom stereocenters. The highest BCUT2D eigenvalue weighted by Crippen LogP contribution is 2.28. The molecule has 0 spiro atoms.